The molecule has 1 amide bonds. The van der Waals surface area contributed by atoms with Crippen LogP contribution in [0, 0.1) is 0 Å². The summed E-state index contributed by atoms with van der Waals surface area (Å²) in [6, 6.07) is 0.212. The first kappa shape index (κ1) is 18.1. The van der Waals surface area contributed by atoms with E-state index in [0.29, 0.717) is 12.6 Å². The first-order chi connectivity index (χ1) is 9.04. The molecule has 0 saturated carbocycles. The van der Waals surface area contributed by atoms with Gasteiger partial charge in [-0.25, -0.2) is 0 Å². The van der Waals surface area contributed by atoms with Gasteiger partial charge in [-0.1, -0.05) is 19.9 Å². The molecule has 0 radical (unpaired) electrons. The molecule has 4 heteroatoms. The number of rotatable bonds is 11. The first-order valence-electron chi connectivity index (χ1n) is 7.42. The van der Waals surface area contributed by atoms with Crippen LogP contribution >= 0.6 is 0 Å². The Labute approximate surface area is 118 Å². The molecule has 0 aromatic carbocycles. The van der Waals surface area contributed by atoms with Crippen molar-refractivity contribution in [3.8, 4) is 0 Å². The third-order valence-electron chi connectivity index (χ3n) is 3.35. The van der Waals surface area contributed by atoms with Crippen molar-refractivity contribution in [3.05, 3.63) is 12.7 Å². The summed E-state index contributed by atoms with van der Waals surface area (Å²) in [5, 5.41) is 6.14. The van der Waals surface area contributed by atoms with E-state index in [9.17, 15) is 4.79 Å². The Morgan fingerprint density at radius 3 is 2.47 bits per heavy atom. The summed E-state index contributed by atoms with van der Waals surface area (Å²) in [5.41, 5.74) is 0. The summed E-state index contributed by atoms with van der Waals surface area (Å²) in [5.74, 6) is 0.0375. The largest absolute Gasteiger partial charge is 0.351 e. The predicted octanol–water partition coefficient (Wildman–Crippen LogP) is 1.78. The van der Waals surface area contributed by atoms with Gasteiger partial charge in [0.2, 0.25) is 5.91 Å². The van der Waals surface area contributed by atoms with Crippen molar-refractivity contribution in [2.24, 2.45) is 0 Å². The lowest BCUT2D eigenvalue weighted by atomic mass is 10.1. The Kier molecular flexibility index (Phi) is 10.5. The number of nitrogens with zero attached hydrogens (tertiary/aromatic N) is 1. The van der Waals surface area contributed by atoms with Gasteiger partial charge in [0.1, 0.15) is 0 Å². The molecule has 0 saturated heterocycles. The molecule has 0 aromatic rings. The zero-order chi connectivity index (χ0) is 14.7. The molecular weight excluding hydrogens is 238 g/mol. The van der Waals surface area contributed by atoms with Crippen LogP contribution in [0.3, 0.4) is 0 Å². The molecule has 0 heterocycles. The Morgan fingerprint density at radius 2 is 1.95 bits per heavy atom. The fourth-order valence-electron chi connectivity index (χ4n) is 2.07. The number of nitrogens with one attached hydrogen (secondary N) is 2. The van der Waals surface area contributed by atoms with Crippen molar-refractivity contribution in [2.75, 3.05) is 26.2 Å². The molecular formula is C15H31N3O. The van der Waals surface area contributed by atoms with Crippen molar-refractivity contribution in [1.82, 2.24) is 15.5 Å². The van der Waals surface area contributed by atoms with E-state index < -0.39 is 0 Å². The SMILES string of the molecule is C=CCNC(=O)C(C)NC(C)CCCN(CC)CC. The number of hydrogen-bond acceptors (Lipinski definition) is 3. The van der Waals surface area contributed by atoms with Gasteiger partial charge in [-0.05, 0) is 46.3 Å². The van der Waals surface area contributed by atoms with Crippen LogP contribution in [-0.4, -0.2) is 49.1 Å². The fourth-order valence-corrected chi connectivity index (χ4v) is 2.07. The summed E-state index contributed by atoms with van der Waals surface area (Å²) in [6.45, 7) is 15.9. The van der Waals surface area contributed by atoms with Crippen LogP contribution in [0.4, 0.5) is 0 Å². The molecule has 112 valence electrons. The lowest BCUT2D eigenvalue weighted by Crippen LogP contribution is -2.45. The number of hydrogen-bond donors (Lipinski definition) is 2. The van der Waals surface area contributed by atoms with Gasteiger partial charge in [0.25, 0.3) is 0 Å². The molecule has 0 bridgehead atoms. The van der Waals surface area contributed by atoms with E-state index in [1.165, 1.54) is 0 Å². The smallest absolute Gasteiger partial charge is 0.237 e. The van der Waals surface area contributed by atoms with Crippen LogP contribution in [0.25, 0.3) is 0 Å². The predicted molar refractivity (Wildman–Crippen MR) is 82.3 cm³/mol. The highest BCUT2D eigenvalue weighted by Crippen LogP contribution is 2.01. The summed E-state index contributed by atoms with van der Waals surface area (Å²) in [7, 11) is 0. The molecule has 0 fully saturated rings. The highest BCUT2D eigenvalue weighted by molar-refractivity contribution is 5.81. The quantitative estimate of drug-likeness (QED) is 0.562. The van der Waals surface area contributed by atoms with Crippen molar-refractivity contribution in [1.29, 1.82) is 0 Å². The normalized spacial score (nSPS) is 14.2. The van der Waals surface area contributed by atoms with Gasteiger partial charge in [0, 0.05) is 12.6 Å². The number of amides is 1. The summed E-state index contributed by atoms with van der Waals surface area (Å²) in [4.78, 5) is 14.1. The van der Waals surface area contributed by atoms with E-state index >= 15 is 0 Å². The second-order valence-corrected chi connectivity index (χ2v) is 4.99. The van der Waals surface area contributed by atoms with Crippen LogP contribution in [0.15, 0.2) is 12.7 Å². The topological polar surface area (TPSA) is 44.4 Å². The van der Waals surface area contributed by atoms with Crippen LogP contribution in [0.2, 0.25) is 0 Å². The molecule has 0 aliphatic rings. The summed E-state index contributed by atoms with van der Waals surface area (Å²) >= 11 is 0. The Bertz CT molecular complexity index is 252. The van der Waals surface area contributed by atoms with Crippen molar-refractivity contribution < 1.29 is 4.79 Å². The van der Waals surface area contributed by atoms with Gasteiger partial charge >= 0.3 is 0 Å². The zero-order valence-electron chi connectivity index (χ0n) is 13.0. The molecule has 0 aromatic heterocycles. The van der Waals surface area contributed by atoms with Gasteiger partial charge in [-0.15, -0.1) is 6.58 Å². The van der Waals surface area contributed by atoms with Gasteiger partial charge in [-0.3, -0.25) is 4.79 Å². The fraction of sp³-hybridized carbons (Fsp3) is 0.800. The van der Waals surface area contributed by atoms with E-state index in [4.69, 9.17) is 0 Å². The maximum Gasteiger partial charge on any atom is 0.237 e. The van der Waals surface area contributed by atoms with Gasteiger partial charge in [0.05, 0.1) is 6.04 Å². The van der Waals surface area contributed by atoms with Crippen LogP contribution in [-0.2, 0) is 4.79 Å². The van der Waals surface area contributed by atoms with E-state index in [1.54, 1.807) is 6.08 Å². The maximum atomic E-state index is 11.7. The van der Waals surface area contributed by atoms with Crippen molar-refractivity contribution in [2.45, 2.75) is 52.6 Å². The second kappa shape index (κ2) is 11.0. The lowest BCUT2D eigenvalue weighted by molar-refractivity contribution is -0.122. The molecule has 2 unspecified atom stereocenters. The summed E-state index contributed by atoms with van der Waals surface area (Å²) < 4.78 is 0. The van der Waals surface area contributed by atoms with E-state index in [-0.39, 0.29) is 11.9 Å². The van der Waals surface area contributed by atoms with Crippen LogP contribution in [0.1, 0.15) is 40.5 Å². The van der Waals surface area contributed by atoms with Gasteiger partial charge in [0.15, 0.2) is 0 Å². The third kappa shape index (κ3) is 8.78. The standard InChI is InChI=1S/C15H31N3O/c1-6-11-16-15(19)14(5)17-13(4)10-9-12-18(7-2)8-3/h6,13-14,17H,1,7-12H2,2-5H3,(H,16,19). The highest BCUT2D eigenvalue weighted by atomic mass is 16.2. The zero-order valence-corrected chi connectivity index (χ0v) is 13.0. The summed E-state index contributed by atoms with van der Waals surface area (Å²) in [6.07, 6.45) is 3.95. The molecule has 4 nitrogen and oxygen atoms in total. The first-order valence-corrected chi connectivity index (χ1v) is 7.42. The maximum absolute atomic E-state index is 11.7. The van der Waals surface area contributed by atoms with Crippen molar-refractivity contribution >= 4 is 5.91 Å². The molecule has 19 heavy (non-hydrogen) atoms. The Balaban J connectivity index is 3.80. The van der Waals surface area contributed by atoms with Gasteiger partial charge < -0.3 is 15.5 Å². The number of carbonyl (C=O) groups excluding carboxylic acids is 1. The molecule has 2 N–H and O–H groups in total. The minimum atomic E-state index is -0.150. The molecule has 0 rings (SSSR count). The molecule has 2 atom stereocenters. The van der Waals surface area contributed by atoms with E-state index in [1.807, 2.05) is 6.92 Å². The van der Waals surface area contributed by atoms with E-state index in [0.717, 1.165) is 32.5 Å². The molecule has 0 aliphatic heterocycles. The average Bonchev–Trinajstić information content (AvgIpc) is 2.40. The van der Waals surface area contributed by atoms with E-state index in [2.05, 4.69) is 42.9 Å². The molecule has 0 aliphatic carbocycles. The minimum absolute atomic E-state index is 0.0375. The average molecular weight is 269 g/mol. The number of carbonyl (C=O) groups is 1. The Morgan fingerprint density at radius 1 is 1.32 bits per heavy atom. The minimum Gasteiger partial charge on any atom is -0.351 e. The highest BCUT2D eigenvalue weighted by Gasteiger charge is 2.14. The third-order valence-corrected chi connectivity index (χ3v) is 3.35. The second-order valence-electron chi connectivity index (χ2n) is 4.99. The molecule has 0 spiro atoms. The van der Waals surface area contributed by atoms with Crippen molar-refractivity contribution in [3.63, 3.8) is 0 Å². The van der Waals surface area contributed by atoms with Gasteiger partial charge in [-0.2, -0.15) is 0 Å². The monoisotopic (exact) mass is 269 g/mol. The Hall–Kier alpha value is -0.870. The lowest BCUT2D eigenvalue weighted by Gasteiger charge is -2.22. The van der Waals surface area contributed by atoms with Crippen LogP contribution < -0.4 is 10.6 Å². The van der Waals surface area contributed by atoms with Crippen LogP contribution in [0.5, 0.6) is 0 Å².